The molecule has 3 aliphatic heterocycles. The van der Waals surface area contributed by atoms with Crippen molar-refractivity contribution in [2.75, 3.05) is 56.2 Å². The lowest BCUT2D eigenvalue weighted by Gasteiger charge is -2.42. The third-order valence-electron chi connectivity index (χ3n) is 11.8. The number of benzene rings is 2. The molecular formula is C49H61F4N7O8S. The van der Waals surface area contributed by atoms with E-state index in [1.165, 1.54) is 12.1 Å². The molecule has 2 amide bonds. The number of hydrogen-bond acceptors (Lipinski definition) is 14. The van der Waals surface area contributed by atoms with Crippen LogP contribution in [-0.2, 0) is 29.9 Å². The van der Waals surface area contributed by atoms with Crippen LogP contribution in [0.25, 0.3) is 32.1 Å². The zero-order valence-electron chi connectivity index (χ0n) is 40.6. The zero-order chi connectivity index (χ0) is 50.2. The second-order valence-corrected chi connectivity index (χ2v) is 21.7. The topological polar surface area (TPSA) is 169 Å². The molecule has 2 unspecified atom stereocenters. The first-order valence-corrected chi connectivity index (χ1v) is 24.1. The molecule has 3 aliphatic rings. The molecule has 2 bridgehead atoms. The minimum absolute atomic E-state index is 0.0233. The Balaban J connectivity index is 1.23. The first-order valence-electron chi connectivity index (χ1n) is 23.3. The van der Waals surface area contributed by atoms with Crippen LogP contribution in [0.3, 0.4) is 0 Å². The summed E-state index contributed by atoms with van der Waals surface area (Å²) in [4.78, 5) is 53.7. The summed E-state index contributed by atoms with van der Waals surface area (Å²) in [6, 6.07) is 5.73. The molecule has 4 aromatic rings. The number of rotatable bonds is 13. The third-order valence-corrected chi connectivity index (χ3v) is 12.9. The van der Waals surface area contributed by atoms with E-state index >= 15 is 17.6 Å². The van der Waals surface area contributed by atoms with Crippen molar-refractivity contribution < 1.29 is 55.6 Å². The number of aromatic nitrogens is 2. The summed E-state index contributed by atoms with van der Waals surface area (Å²) < 4.78 is 90.5. The number of piperazine rings is 1. The third kappa shape index (κ3) is 12.5. The molecule has 7 rings (SSSR count). The number of alkyl halides is 3. The van der Waals surface area contributed by atoms with E-state index in [4.69, 9.17) is 33.7 Å². The van der Waals surface area contributed by atoms with E-state index in [0.29, 0.717) is 43.8 Å². The SMILES string of the molecule is CC(C)(C)OC(=O)CCOCCCN1CCC[C@H]1COc1nc(N2CC3CCC(C2)N3C(=O)OC(C)(C)C)c2cc(C(F)(F)F)c(-c3ccc(F)c4sc(NC(=O)OC(C)(C)C)c(C#N)c34)cc2n1. The second-order valence-electron chi connectivity index (χ2n) is 20.7. The fourth-order valence-corrected chi connectivity index (χ4v) is 10.2. The fraction of sp³-hybridized carbons (Fsp3) is 0.592. The Morgan fingerprint density at radius 1 is 0.884 bits per heavy atom. The van der Waals surface area contributed by atoms with Crippen LogP contribution < -0.4 is 15.0 Å². The van der Waals surface area contributed by atoms with Crippen LogP contribution in [0.4, 0.5) is 38.0 Å². The maximum absolute atomic E-state index is 15.6. The van der Waals surface area contributed by atoms with Crippen molar-refractivity contribution >= 4 is 61.3 Å². The molecular weight excluding hydrogens is 923 g/mol. The van der Waals surface area contributed by atoms with E-state index < -0.39 is 46.5 Å². The smallest absolute Gasteiger partial charge is 0.417 e. The fourth-order valence-electron chi connectivity index (χ4n) is 9.15. The minimum atomic E-state index is -4.96. The van der Waals surface area contributed by atoms with E-state index in [1.54, 1.807) is 46.4 Å². The van der Waals surface area contributed by atoms with Gasteiger partial charge in [0.25, 0.3) is 0 Å². The largest absolute Gasteiger partial charge is 0.462 e. The molecule has 1 N–H and O–H groups in total. The van der Waals surface area contributed by atoms with Crippen LogP contribution in [0.2, 0.25) is 0 Å². The van der Waals surface area contributed by atoms with Crippen molar-refractivity contribution in [1.29, 1.82) is 5.26 Å². The highest BCUT2D eigenvalue weighted by Gasteiger charge is 2.45. The Kier molecular flexibility index (Phi) is 14.9. The summed E-state index contributed by atoms with van der Waals surface area (Å²) in [6.07, 6.45) is -2.42. The minimum Gasteiger partial charge on any atom is -0.462 e. The van der Waals surface area contributed by atoms with Crippen LogP contribution in [0.15, 0.2) is 24.3 Å². The van der Waals surface area contributed by atoms with E-state index in [9.17, 15) is 19.6 Å². The summed E-state index contributed by atoms with van der Waals surface area (Å²) in [5.74, 6) is -0.924. The molecule has 5 heterocycles. The summed E-state index contributed by atoms with van der Waals surface area (Å²) >= 11 is 0.712. The first kappa shape index (κ1) is 51.3. The number of carbonyl (C=O) groups excluding carboxylic acids is 3. The normalized spacial score (nSPS) is 19.0. The first-order chi connectivity index (χ1) is 32.3. The number of likely N-dealkylation sites (tertiary alicyclic amines) is 1. The number of halogens is 4. The van der Waals surface area contributed by atoms with Crippen LogP contribution in [0, 0.1) is 17.1 Å². The number of hydrogen-bond donors (Lipinski definition) is 1. The number of anilines is 2. The standard InChI is InChI=1S/C49H61F4N7O8S/c1-46(2,3)66-38(61)17-21-64-20-11-19-58-18-10-12-30(58)27-65-43-55-37-23-32(31-15-16-36(50)40-39(31)34(24-54)42(69-40)57-44(62)67-47(4,5)6)35(49(51,52)53)22-33(37)41(56-43)59-25-28-13-14-29(26-59)60(28)45(63)68-48(7,8)9/h15-16,22-23,28-30H,10-14,17-21,25-27H2,1-9H3,(H,57,62)/t28?,29?,30-/m0/s1. The Labute approximate surface area is 403 Å². The summed E-state index contributed by atoms with van der Waals surface area (Å²) in [5.41, 5.74) is -3.91. The van der Waals surface area contributed by atoms with Crippen molar-refractivity contribution in [3.63, 3.8) is 0 Å². The Bertz CT molecular complexity index is 2600. The predicted octanol–water partition coefficient (Wildman–Crippen LogP) is 10.5. The van der Waals surface area contributed by atoms with Gasteiger partial charge >= 0.3 is 30.3 Å². The molecule has 374 valence electrons. The van der Waals surface area contributed by atoms with Gasteiger partial charge in [-0.25, -0.2) is 14.0 Å². The van der Waals surface area contributed by atoms with Gasteiger partial charge in [0.05, 0.1) is 46.5 Å². The number of ether oxygens (including phenoxy) is 5. The van der Waals surface area contributed by atoms with Crippen molar-refractivity contribution in [3.8, 4) is 23.2 Å². The predicted molar refractivity (Wildman–Crippen MR) is 253 cm³/mol. The quantitative estimate of drug-likeness (QED) is 0.0582. The highest BCUT2D eigenvalue weighted by molar-refractivity contribution is 7.23. The number of nitrogens with one attached hydrogen (secondary N) is 1. The lowest BCUT2D eigenvalue weighted by atomic mass is 9.93. The molecule has 2 aromatic heterocycles. The number of carbonyl (C=O) groups is 3. The average Bonchev–Trinajstić information content (AvgIpc) is 3.91. The number of amides is 2. The monoisotopic (exact) mass is 983 g/mol. The van der Waals surface area contributed by atoms with Crippen molar-refractivity contribution in [2.24, 2.45) is 0 Å². The van der Waals surface area contributed by atoms with E-state index in [0.717, 1.165) is 31.5 Å². The average molecular weight is 984 g/mol. The molecule has 0 aliphatic carbocycles. The molecule has 69 heavy (non-hydrogen) atoms. The van der Waals surface area contributed by atoms with Gasteiger partial charge in [0, 0.05) is 43.1 Å². The molecule has 0 saturated carbocycles. The highest BCUT2D eigenvalue weighted by Crippen LogP contribution is 2.48. The van der Waals surface area contributed by atoms with Crippen LogP contribution >= 0.6 is 11.3 Å². The number of fused-ring (bicyclic) bond motifs is 4. The van der Waals surface area contributed by atoms with E-state index in [1.807, 2.05) is 31.7 Å². The van der Waals surface area contributed by atoms with Crippen LogP contribution in [-0.4, -0.2) is 119 Å². The highest BCUT2D eigenvalue weighted by atomic mass is 32.1. The molecule has 2 aromatic carbocycles. The summed E-state index contributed by atoms with van der Waals surface area (Å²) in [6.45, 7) is 18.6. The van der Waals surface area contributed by atoms with Gasteiger partial charge in [-0.15, -0.1) is 11.3 Å². The van der Waals surface area contributed by atoms with Gasteiger partial charge in [-0.05, 0) is 130 Å². The number of nitrogens with zero attached hydrogens (tertiary/aromatic N) is 6. The van der Waals surface area contributed by atoms with Gasteiger partial charge in [-0.3, -0.25) is 19.9 Å². The van der Waals surface area contributed by atoms with Gasteiger partial charge in [0.15, 0.2) is 0 Å². The number of nitriles is 1. The van der Waals surface area contributed by atoms with Crippen molar-refractivity contribution in [1.82, 2.24) is 19.8 Å². The van der Waals surface area contributed by atoms with Gasteiger partial charge in [-0.2, -0.15) is 28.4 Å². The Morgan fingerprint density at radius 3 is 2.20 bits per heavy atom. The molecule has 0 radical (unpaired) electrons. The van der Waals surface area contributed by atoms with Gasteiger partial charge in [0.1, 0.15) is 46.1 Å². The lowest BCUT2D eigenvalue weighted by Crippen LogP contribution is -2.57. The maximum Gasteiger partial charge on any atom is 0.417 e. The molecule has 0 spiro atoms. The number of esters is 1. The Hall–Kier alpha value is -5.52. The van der Waals surface area contributed by atoms with Gasteiger partial charge < -0.3 is 28.6 Å². The summed E-state index contributed by atoms with van der Waals surface area (Å²) in [7, 11) is 0. The van der Waals surface area contributed by atoms with E-state index in [2.05, 4.69) is 10.2 Å². The van der Waals surface area contributed by atoms with Crippen LogP contribution in [0.1, 0.15) is 112 Å². The Morgan fingerprint density at radius 2 is 1.57 bits per heavy atom. The van der Waals surface area contributed by atoms with Gasteiger partial charge in [-0.1, -0.05) is 6.07 Å². The van der Waals surface area contributed by atoms with Crippen molar-refractivity contribution in [2.45, 2.75) is 142 Å². The molecule has 3 atom stereocenters. The number of thiophene rings is 1. The molecule has 3 saturated heterocycles. The van der Waals surface area contributed by atoms with Gasteiger partial charge in [0.2, 0.25) is 0 Å². The zero-order valence-corrected chi connectivity index (χ0v) is 41.4. The van der Waals surface area contributed by atoms with Crippen molar-refractivity contribution in [3.05, 3.63) is 41.2 Å². The van der Waals surface area contributed by atoms with Crippen LogP contribution in [0.5, 0.6) is 6.01 Å². The molecule has 15 nitrogen and oxygen atoms in total. The molecule has 3 fully saturated rings. The van der Waals surface area contributed by atoms with E-state index in [-0.39, 0.29) is 111 Å². The molecule has 20 heteroatoms. The summed E-state index contributed by atoms with van der Waals surface area (Å²) in [5, 5.41) is 12.8. The lowest BCUT2D eigenvalue weighted by molar-refractivity contribution is -0.156. The second kappa shape index (κ2) is 20.1. The maximum atomic E-state index is 15.6.